The van der Waals surface area contributed by atoms with Gasteiger partial charge in [-0.25, -0.2) is 13.9 Å². The molecule has 12 nitrogen and oxygen atoms in total. The van der Waals surface area contributed by atoms with Crippen molar-refractivity contribution in [2.45, 2.75) is 19.3 Å². The zero-order valence-corrected chi connectivity index (χ0v) is 14.9. The normalized spacial score (nSPS) is 22.5. The van der Waals surface area contributed by atoms with E-state index in [0.29, 0.717) is 0 Å². The molecule has 4 N–H and O–H groups in total. The molecule has 2 rings (SSSR count). The zero-order valence-electron chi connectivity index (χ0n) is 13.1. The van der Waals surface area contributed by atoms with Gasteiger partial charge in [0.15, 0.2) is 6.23 Å². The van der Waals surface area contributed by atoms with E-state index >= 15 is 0 Å². The Morgan fingerprint density at radius 2 is 2.04 bits per heavy atom. The van der Waals surface area contributed by atoms with Crippen LogP contribution in [0.5, 0.6) is 0 Å². The van der Waals surface area contributed by atoms with Crippen LogP contribution in [0, 0.1) is 19.3 Å². The minimum absolute atomic E-state index is 0.155. The number of ether oxygens (including phenoxy) is 1. The van der Waals surface area contributed by atoms with Crippen LogP contribution >= 0.6 is 15.6 Å². The lowest BCUT2D eigenvalue weighted by molar-refractivity contribution is -0.0126. The van der Waals surface area contributed by atoms with Gasteiger partial charge in [0.2, 0.25) is 0 Å². The summed E-state index contributed by atoms with van der Waals surface area (Å²) in [5, 5.41) is 0. The molecule has 0 radical (unpaired) electrons. The van der Waals surface area contributed by atoms with Crippen LogP contribution < -0.4 is 11.2 Å². The third-order valence-corrected chi connectivity index (χ3v) is 5.31. The number of H-pyrrole nitrogens is 1. The van der Waals surface area contributed by atoms with Crippen molar-refractivity contribution in [1.82, 2.24) is 9.55 Å². The summed E-state index contributed by atoms with van der Waals surface area (Å²) in [6.45, 7) is 0.787. The molecule has 26 heavy (non-hydrogen) atoms. The predicted molar refractivity (Wildman–Crippen MR) is 85.8 cm³/mol. The number of aromatic amines is 1. The molecule has 1 aromatic rings. The number of phosphoric acid groups is 2. The average Bonchev–Trinajstić information content (AvgIpc) is 2.89. The second-order valence-electron chi connectivity index (χ2n) is 5.10. The molecule has 1 aliphatic rings. The maximum atomic E-state index is 11.9. The number of nitrogens with one attached hydrogen (secondary N) is 1. The third-order valence-electron chi connectivity index (χ3n) is 3.16. The third kappa shape index (κ3) is 5.11. The van der Waals surface area contributed by atoms with Gasteiger partial charge >= 0.3 is 21.3 Å². The molecule has 0 aromatic carbocycles. The molecule has 1 aromatic heterocycles. The fourth-order valence-electron chi connectivity index (χ4n) is 2.05. The summed E-state index contributed by atoms with van der Waals surface area (Å²) < 4.78 is 36.7. The van der Waals surface area contributed by atoms with Crippen LogP contribution in [0.15, 0.2) is 27.4 Å². The van der Waals surface area contributed by atoms with Crippen molar-refractivity contribution < 1.29 is 37.4 Å². The van der Waals surface area contributed by atoms with Crippen molar-refractivity contribution in [3.63, 3.8) is 0 Å². The predicted octanol–water partition coefficient (Wildman–Crippen LogP) is -0.472. The van der Waals surface area contributed by atoms with Crippen LogP contribution in [0.1, 0.15) is 11.8 Å². The van der Waals surface area contributed by atoms with Crippen molar-refractivity contribution in [3.05, 3.63) is 44.2 Å². The molecule has 142 valence electrons. The quantitative estimate of drug-likeness (QED) is 0.355. The minimum Gasteiger partial charge on any atom is -0.343 e. The van der Waals surface area contributed by atoms with Gasteiger partial charge in [0.1, 0.15) is 6.10 Å². The number of hydrogen-bond donors (Lipinski definition) is 4. The van der Waals surface area contributed by atoms with Gasteiger partial charge in [-0.2, -0.15) is 4.31 Å². The summed E-state index contributed by atoms with van der Waals surface area (Å²) >= 11 is 0. The fraction of sp³-hybridized carbons (Fsp3) is 0.333. The van der Waals surface area contributed by atoms with E-state index in [1.165, 1.54) is 19.2 Å². The van der Waals surface area contributed by atoms with Crippen LogP contribution in [0.4, 0.5) is 0 Å². The molecular weight excluding hydrogens is 394 g/mol. The van der Waals surface area contributed by atoms with Crippen molar-refractivity contribution in [2.24, 2.45) is 0 Å². The molecule has 0 amide bonds. The zero-order chi connectivity index (χ0) is 19.7. The highest BCUT2D eigenvalue weighted by Gasteiger charge is 2.35. The smallest absolute Gasteiger partial charge is 0.343 e. The summed E-state index contributed by atoms with van der Waals surface area (Å²) in [4.78, 5) is 51.7. The second kappa shape index (κ2) is 7.44. The van der Waals surface area contributed by atoms with Gasteiger partial charge in [-0.1, -0.05) is 5.92 Å². The molecule has 0 aliphatic carbocycles. The van der Waals surface area contributed by atoms with E-state index < -0.39 is 45.8 Å². The highest BCUT2D eigenvalue weighted by atomic mass is 31.3. The summed E-state index contributed by atoms with van der Waals surface area (Å²) in [6, 6.07) is 0. The first-order chi connectivity index (χ1) is 11.9. The highest BCUT2D eigenvalue weighted by Crippen LogP contribution is 2.57. The monoisotopic (exact) mass is 408 g/mol. The van der Waals surface area contributed by atoms with E-state index in [9.17, 15) is 23.6 Å². The fourth-order valence-corrected chi connectivity index (χ4v) is 3.64. The van der Waals surface area contributed by atoms with Crippen molar-refractivity contribution in [2.75, 3.05) is 6.61 Å². The Kier molecular flexibility index (Phi) is 5.87. The van der Waals surface area contributed by atoms with Gasteiger partial charge in [-0.15, -0.1) is 6.42 Å². The number of hydrogen-bond acceptors (Lipinski definition) is 7. The summed E-state index contributed by atoms with van der Waals surface area (Å²) in [5.41, 5.74) is -0.945. The largest absolute Gasteiger partial charge is 0.481 e. The molecule has 1 aliphatic heterocycles. The SMILES string of the molecule is C#CC1=C[C@H](n2cc(C)c(=O)[nH]c2=O)O[C@@H]1COP(=O)(O)OP(=O)(O)O. The van der Waals surface area contributed by atoms with E-state index in [1.807, 2.05) is 0 Å². The van der Waals surface area contributed by atoms with Crippen molar-refractivity contribution in [3.8, 4) is 12.3 Å². The van der Waals surface area contributed by atoms with Crippen LogP contribution in [-0.4, -0.2) is 36.9 Å². The Bertz CT molecular complexity index is 981. The number of terminal acetylenes is 1. The Labute approximate surface area is 145 Å². The first-order valence-corrected chi connectivity index (χ1v) is 9.84. The van der Waals surface area contributed by atoms with E-state index in [0.717, 1.165) is 4.57 Å². The standard InChI is InChI=1S/C12H14N2O10P2/c1-3-8-4-10(14-5-7(2)11(15)13-12(14)16)23-9(8)6-22-26(20,21)24-25(17,18)19/h1,4-5,9-10H,6H2,2H3,(H,20,21)(H,13,15,16)(H2,17,18,19)/t9-,10-/m1/s1. The van der Waals surface area contributed by atoms with Gasteiger partial charge in [0.25, 0.3) is 5.56 Å². The van der Waals surface area contributed by atoms with Gasteiger partial charge < -0.3 is 19.4 Å². The van der Waals surface area contributed by atoms with Crippen LogP contribution in [0.2, 0.25) is 0 Å². The maximum absolute atomic E-state index is 11.9. The molecule has 0 saturated carbocycles. The minimum atomic E-state index is -5.26. The Morgan fingerprint density at radius 1 is 1.38 bits per heavy atom. The number of phosphoric ester groups is 1. The van der Waals surface area contributed by atoms with E-state index in [-0.39, 0.29) is 11.1 Å². The van der Waals surface area contributed by atoms with Gasteiger partial charge in [0, 0.05) is 17.3 Å². The number of nitrogens with zero attached hydrogens (tertiary/aromatic N) is 1. The molecule has 2 heterocycles. The number of aromatic nitrogens is 2. The van der Waals surface area contributed by atoms with E-state index in [1.54, 1.807) is 0 Å². The summed E-state index contributed by atoms with van der Waals surface area (Å²) in [6.07, 6.45) is 5.78. The van der Waals surface area contributed by atoms with Gasteiger partial charge in [0.05, 0.1) is 6.61 Å². The van der Waals surface area contributed by atoms with Gasteiger partial charge in [-0.05, 0) is 13.0 Å². The van der Waals surface area contributed by atoms with Crippen LogP contribution in [0.3, 0.4) is 0 Å². The summed E-state index contributed by atoms with van der Waals surface area (Å²) in [7, 11) is -10.3. The van der Waals surface area contributed by atoms with Crippen molar-refractivity contribution in [1.29, 1.82) is 0 Å². The lowest BCUT2D eigenvalue weighted by atomic mass is 10.2. The number of rotatable bonds is 6. The average molecular weight is 408 g/mol. The van der Waals surface area contributed by atoms with Crippen molar-refractivity contribution >= 4 is 15.6 Å². The molecule has 14 heteroatoms. The first kappa shape index (κ1) is 20.5. The molecule has 0 bridgehead atoms. The van der Waals surface area contributed by atoms with E-state index in [4.69, 9.17) is 20.9 Å². The second-order valence-corrected chi connectivity index (χ2v) is 7.93. The first-order valence-electron chi connectivity index (χ1n) is 6.82. The molecule has 0 spiro atoms. The molecule has 1 unspecified atom stereocenters. The lowest BCUT2D eigenvalue weighted by Crippen LogP contribution is -2.33. The number of aryl methyl sites for hydroxylation is 1. The van der Waals surface area contributed by atoms with Gasteiger partial charge in [-0.3, -0.25) is 18.9 Å². The van der Waals surface area contributed by atoms with Crippen LogP contribution in [0.25, 0.3) is 0 Å². The molecule has 0 saturated heterocycles. The summed E-state index contributed by atoms with van der Waals surface area (Å²) in [5.74, 6) is 2.25. The van der Waals surface area contributed by atoms with Crippen LogP contribution in [-0.2, 0) is 22.7 Å². The Morgan fingerprint density at radius 3 is 2.62 bits per heavy atom. The molecule has 0 fully saturated rings. The maximum Gasteiger partial charge on any atom is 0.481 e. The highest BCUT2D eigenvalue weighted by molar-refractivity contribution is 7.60. The Balaban J connectivity index is 2.16. The topological polar surface area (TPSA) is 177 Å². The molecule has 3 atom stereocenters. The Hall–Kier alpha value is -1.80. The molecular formula is C12H14N2O10P2. The lowest BCUT2D eigenvalue weighted by Gasteiger charge is -2.18. The van der Waals surface area contributed by atoms with E-state index in [2.05, 4.69) is 19.7 Å².